The number of aromatic amines is 1. The van der Waals surface area contributed by atoms with Gasteiger partial charge in [0.15, 0.2) is 0 Å². The van der Waals surface area contributed by atoms with Gasteiger partial charge in [0.25, 0.3) is 5.91 Å². The SMILES string of the molecule is O=C(c1cccc(F)c1)N1CCc2[nH]cnc2[C@H]1c1cc2ccccc2o1. The summed E-state index contributed by atoms with van der Waals surface area (Å²) in [5.41, 5.74) is 2.83. The van der Waals surface area contributed by atoms with Gasteiger partial charge in [0.1, 0.15) is 23.2 Å². The molecule has 134 valence electrons. The van der Waals surface area contributed by atoms with Crippen LogP contribution in [0, 0.1) is 5.82 Å². The average Bonchev–Trinajstić information content (AvgIpc) is 3.33. The molecular formula is C21H16FN3O2. The summed E-state index contributed by atoms with van der Waals surface area (Å²) in [4.78, 5) is 22.5. The van der Waals surface area contributed by atoms with Crippen LogP contribution in [0.4, 0.5) is 4.39 Å². The second-order valence-electron chi connectivity index (χ2n) is 6.61. The zero-order chi connectivity index (χ0) is 18.4. The van der Waals surface area contributed by atoms with E-state index in [1.54, 1.807) is 23.4 Å². The fourth-order valence-corrected chi connectivity index (χ4v) is 3.71. The Morgan fingerprint density at radius 3 is 2.93 bits per heavy atom. The van der Waals surface area contributed by atoms with Crippen LogP contribution in [-0.4, -0.2) is 27.3 Å². The van der Waals surface area contributed by atoms with E-state index in [0.717, 1.165) is 22.4 Å². The Kier molecular flexibility index (Phi) is 3.57. The highest BCUT2D eigenvalue weighted by molar-refractivity contribution is 5.95. The first-order chi connectivity index (χ1) is 13.2. The summed E-state index contributed by atoms with van der Waals surface area (Å²) < 4.78 is 19.7. The Bertz CT molecular complexity index is 1110. The summed E-state index contributed by atoms with van der Waals surface area (Å²) in [6, 6.07) is 15.0. The van der Waals surface area contributed by atoms with E-state index in [1.807, 2.05) is 30.3 Å². The van der Waals surface area contributed by atoms with Crippen LogP contribution in [0.15, 0.2) is 65.3 Å². The number of hydrogen-bond acceptors (Lipinski definition) is 3. The molecule has 1 amide bonds. The molecule has 0 saturated carbocycles. The number of H-pyrrole nitrogens is 1. The first kappa shape index (κ1) is 15.8. The van der Waals surface area contributed by atoms with Crippen LogP contribution in [0.2, 0.25) is 0 Å². The molecule has 0 spiro atoms. The van der Waals surface area contributed by atoms with Crippen LogP contribution < -0.4 is 0 Å². The van der Waals surface area contributed by atoms with Crippen molar-refractivity contribution in [3.8, 4) is 0 Å². The minimum atomic E-state index is -0.455. The fourth-order valence-electron chi connectivity index (χ4n) is 3.71. The quantitative estimate of drug-likeness (QED) is 0.585. The second kappa shape index (κ2) is 6.09. The number of carbonyl (C=O) groups is 1. The number of furan rings is 1. The maximum absolute atomic E-state index is 13.6. The third kappa shape index (κ3) is 2.61. The Morgan fingerprint density at radius 2 is 2.07 bits per heavy atom. The summed E-state index contributed by atoms with van der Waals surface area (Å²) in [5, 5.41) is 0.966. The number of amides is 1. The van der Waals surface area contributed by atoms with Crippen molar-refractivity contribution >= 4 is 16.9 Å². The molecule has 4 aromatic rings. The molecule has 27 heavy (non-hydrogen) atoms. The van der Waals surface area contributed by atoms with Crippen LogP contribution in [0.5, 0.6) is 0 Å². The molecule has 5 rings (SSSR count). The van der Waals surface area contributed by atoms with Crippen LogP contribution in [-0.2, 0) is 6.42 Å². The van der Waals surface area contributed by atoms with Crippen molar-refractivity contribution in [1.29, 1.82) is 0 Å². The van der Waals surface area contributed by atoms with Crippen LogP contribution in [0.3, 0.4) is 0 Å². The summed E-state index contributed by atoms with van der Waals surface area (Å²) in [5.74, 6) is -0.0267. The summed E-state index contributed by atoms with van der Waals surface area (Å²) >= 11 is 0. The predicted molar refractivity (Wildman–Crippen MR) is 97.8 cm³/mol. The largest absolute Gasteiger partial charge is 0.458 e. The summed E-state index contributed by atoms with van der Waals surface area (Å²) in [6.45, 7) is 0.492. The van der Waals surface area contributed by atoms with Crippen LogP contribution >= 0.6 is 0 Å². The lowest BCUT2D eigenvalue weighted by atomic mass is 9.99. The first-order valence-electron chi connectivity index (χ1n) is 8.78. The molecule has 1 aliphatic rings. The smallest absolute Gasteiger partial charge is 0.254 e. The standard InChI is InChI=1S/C21H16FN3O2/c22-15-6-3-5-14(10-15)21(26)25-9-8-16-19(24-12-23-16)20(25)18-11-13-4-1-2-7-17(13)27-18/h1-7,10-12,20H,8-9H2,(H,23,24)/t20-/m1/s1. The molecule has 1 atom stereocenters. The predicted octanol–water partition coefficient (Wildman–Crippen LogP) is 4.08. The number of halogens is 1. The molecule has 0 aliphatic carbocycles. The first-order valence-corrected chi connectivity index (χ1v) is 8.78. The maximum Gasteiger partial charge on any atom is 0.254 e. The molecule has 0 saturated heterocycles. The topological polar surface area (TPSA) is 62.1 Å². The minimum Gasteiger partial charge on any atom is -0.458 e. The molecule has 6 heteroatoms. The van der Waals surface area contributed by atoms with Gasteiger partial charge in [-0.15, -0.1) is 0 Å². The van der Waals surface area contributed by atoms with Crippen LogP contribution in [0.1, 0.15) is 33.5 Å². The van der Waals surface area contributed by atoms with E-state index in [2.05, 4.69) is 9.97 Å². The number of aromatic nitrogens is 2. The zero-order valence-electron chi connectivity index (χ0n) is 14.4. The van der Waals surface area contributed by atoms with Crippen molar-refractivity contribution in [2.45, 2.75) is 12.5 Å². The van der Waals surface area contributed by atoms with E-state index >= 15 is 0 Å². The van der Waals surface area contributed by atoms with Crippen molar-refractivity contribution in [2.24, 2.45) is 0 Å². The van der Waals surface area contributed by atoms with Gasteiger partial charge in [-0.2, -0.15) is 0 Å². The van der Waals surface area contributed by atoms with E-state index in [0.29, 0.717) is 24.3 Å². The van der Waals surface area contributed by atoms with Gasteiger partial charge in [-0.3, -0.25) is 4.79 Å². The number of fused-ring (bicyclic) bond motifs is 2. The highest BCUT2D eigenvalue weighted by Crippen LogP contribution is 2.37. The van der Waals surface area contributed by atoms with Crippen molar-refractivity contribution < 1.29 is 13.6 Å². The van der Waals surface area contributed by atoms with Gasteiger partial charge in [0.05, 0.1) is 12.0 Å². The van der Waals surface area contributed by atoms with Gasteiger partial charge in [-0.1, -0.05) is 24.3 Å². The van der Waals surface area contributed by atoms with Gasteiger partial charge >= 0.3 is 0 Å². The lowest BCUT2D eigenvalue weighted by Gasteiger charge is -2.33. The Labute approximate surface area is 154 Å². The van der Waals surface area contributed by atoms with Gasteiger partial charge < -0.3 is 14.3 Å². The molecule has 1 N–H and O–H groups in total. The van der Waals surface area contributed by atoms with E-state index in [-0.39, 0.29) is 5.91 Å². The summed E-state index contributed by atoms with van der Waals surface area (Å²) in [6.07, 6.45) is 2.30. The van der Waals surface area contributed by atoms with E-state index < -0.39 is 11.9 Å². The highest BCUT2D eigenvalue weighted by atomic mass is 19.1. The maximum atomic E-state index is 13.6. The number of imidazole rings is 1. The average molecular weight is 361 g/mol. The third-order valence-electron chi connectivity index (χ3n) is 4.97. The van der Waals surface area contributed by atoms with Crippen LogP contribution in [0.25, 0.3) is 11.0 Å². The van der Waals surface area contributed by atoms with Crippen molar-refractivity contribution in [2.75, 3.05) is 6.54 Å². The third-order valence-corrected chi connectivity index (χ3v) is 4.97. The zero-order valence-corrected chi connectivity index (χ0v) is 14.4. The molecule has 5 nitrogen and oxygen atoms in total. The molecule has 0 unspecified atom stereocenters. The number of nitrogens with zero attached hydrogens (tertiary/aromatic N) is 2. The Balaban J connectivity index is 1.62. The lowest BCUT2D eigenvalue weighted by molar-refractivity contribution is 0.0672. The van der Waals surface area contributed by atoms with Gasteiger partial charge in [-0.25, -0.2) is 9.37 Å². The molecule has 3 heterocycles. The van der Waals surface area contributed by atoms with E-state index in [1.165, 1.54) is 12.1 Å². The molecule has 0 bridgehead atoms. The molecule has 0 fully saturated rings. The minimum absolute atomic E-state index is 0.242. The van der Waals surface area contributed by atoms with Gasteiger partial charge in [0.2, 0.25) is 0 Å². The second-order valence-corrected chi connectivity index (χ2v) is 6.61. The molecule has 2 aromatic heterocycles. The lowest BCUT2D eigenvalue weighted by Crippen LogP contribution is -2.40. The molecule has 2 aromatic carbocycles. The van der Waals surface area contributed by atoms with Crippen molar-refractivity contribution in [3.63, 3.8) is 0 Å². The number of benzene rings is 2. The highest BCUT2D eigenvalue weighted by Gasteiger charge is 2.36. The Hall–Kier alpha value is -3.41. The Morgan fingerprint density at radius 1 is 1.19 bits per heavy atom. The number of rotatable bonds is 2. The number of carbonyl (C=O) groups excluding carboxylic acids is 1. The van der Waals surface area contributed by atoms with Gasteiger partial charge in [-0.05, 0) is 30.3 Å². The number of nitrogens with one attached hydrogen (secondary N) is 1. The normalized spacial score (nSPS) is 16.5. The van der Waals surface area contributed by atoms with E-state index in [4.69, 9.17) is 4.42 Å². The molecule has 1 aliphatic heterocycles. The fraction of sp³-hybridized carbons (Fsp3) is 0.143. The van der Waals surface area contributed by atoms with Crippen molar-refractivity contribution in [1.82, 2.24) is 14.9 Å². The van der Waals surface area contributed by atoms with Crippen molar-refractivity contribution in [3.05, 3.63) is 89.5 Å². The van der Waals surface area contributed by atoms with E-state index in [9.17, 15) is 9.18 Å². The van der Waals surface area contributed by atoms with Gasteiger partial charge in [0, 0.05) is 29.6 Å². The number of hydrogen-bond donors (Lipinski definition) is 1. The summed E-state index contributed by atoms with van der Waals surface area (Å²) in [7, 11) is 0. The molecular weight excluding hydrogens is 345 g/mol. The monoisotopic (exact) mass is 361 g/mol. The molecule has 0 radical (unpaired) electrons. The number of para-hydroxylation sites is 1.